The second-order valence-corrected chi connectivity index (χ2v) is 5.47. The van der Waals surface area contributed by atoms with Crippen molar-refractivity contribution in [3.8, 4) is 5.75 Å². The van der Waals surface area contributed by atoms with Crippen molar-refractivity contribution in [2.24, 2.45) is 0 Å². The van der Waals surface area contributed by atoms with Gasteiger partial charge in [0.05, 0.1) is 16.7 Å². The molecule has 1 heterocycles. The first-order valence-electron chi connectivity index (χ1n) is 6.75. The number of carbonyl (C=O) groups is 1. The monoisotopic (exact) mass is 316 g/mol. The molecule has 0 aromatic heterocycles. The lowest BCUT2D eigenvalue weighted by Crippen LogP contribution is -2.46. The van der Waals surface area contributed by atoms with E-state index in [1.165, 1.54) is 0 Å². The van der Waals surface area contributed by atoms with Crippen molar-refractivity contribution >= 4 is 29.1 Å². The Morgan fingerprint density at radius 3 is 2.45 bits per heavy atom. The van der Waals surface area contributed by atoms with Crippen LogP contribution in [0.25, 0.3) is 0 Å². The van der Waals surface area contributed by atoms with Gasteiger partial charge < -0.3 is 15.0 Å². The molecule has 0 saturated carbocycles. The predicted molar refractivity (Wildman–Crippen MR) is 81.0 cm³/mol. The first-order chi connectivity index (χ1) is 9.63. The third-order valence-electron chi connectivity index (χ3n) is 3.10. The molecule has 1 saturated heterocycles. The summed E-state index contributed by atoms with van der Waals surface area (Å²) in [5, 5.41) is 3.97. The topological polar surface area (TPSA) is 41.6 Å². The quantitative estimate of drug-likeness (QED) is 0.928. The van der Waals surface area contributed by atoms with Crippen molar-refractivity contribution in [3.05, 3.63) is 27.7 Å². The van der Waals surface area contributed by atoms with Gasteiger partial charge in [-0.1, -0.05) is 30.1 Å². The van der Waals surface area contributed by atoms with Gasteiger partial charge in [0.25, 0.3) is 5.91 Å². The summed E-state index contributed by atoms with van der Waals surface area (Å²) in [5.74, 6) is 0.407. The highest BCUT2D eigenvalue weighted by Gasteiger charge is 2.20. The number of halogens is 2. The van der Waals surface area contributed by atoms with Gasteiger partial charge in [0, 0.05) is 31.7 Å². The fourth-order valence-corrected chi connectivity index (χ4v) is 2.67. The van der Waals surface area contributed by atoms with Crippen molar-refractivity contribution in [1.29, 1.82) is 0 Å². The molecule has 0 aliphatic carbocycles. The molecule has 0 radical (unpaired) electrons. The van der Waals surface area contributed by atoms with Gasteiger partial charge in [-0.05, 0) is 18.6 Å². The molecule has 2 rings (SSSR count). The molecule has 4 nitrogen and oxygen atoms in total. The Bertz CT molecular complexity index is 465. The normalized spacial score (nSPS) is 15.2. The summed E-state index contributed by atoms with van der Waals surface area (Å²) >= 11 is 12.3. The second-order valence-electron chi connectivity index (χ2n) is 4.66. The number of nitrogens with one attached hydrogen (secondary N) is 1. The maximum atomic E-state index is 12.4. The molecule has 0 bridgehead atoms. The number of nitrogens with zero attached hydrogens (tertiary/aromatic N) is 1. The minimum atomic E-state index is -0.0441. The summed E-state index contributed by atoms with van der Waals surface area (Å²) in [5.41, 5.74) is 0.505. The van der Waals surface area contributed by atoms with E-state index in [2.05, 4.69) is 5.32 Å². The summed E-state index contributed by atoms with van der Waals surface area (Å²) in [6.07, 6.45) is 0.869. The number of hydrogen-bond acceptors (Lipinski definition) is 3. The highest BCUT2D eigenvalue weighted by molar-refractivity contribution is 6.37. The van der Waals surface area contributed by atoms with E-state index in [-0.39, 0.29) is 5.91 Å². The first kappa shape index (κ1) is 15.4. The number of ether oxygens (including phenoxy) is 1. The predicted octanol–water partition coefficient (Wildman–Crippen LogP) is 2.83. The van der Waals surface area contributed by atoms with E-state index in [4.69, 9.17) is 27.9 Å². The van der Waals surface area contributed by atoms with E-state index >= 15 is 0 Å². The minimum absolute atomic E-state index is 0.0441. The molecule has 1 aromatic rings. The van der Waals surface area contributed by atoms with E-state index in [1.807, 2.05) is 6.92 Å². The van der Waals surface area contributed by atoms with E-state index < -0.39 is 0 Å². The maximum Gasteiger partial charge on any atom is 0.254 e. The van der Waals surface area contributed by atoms with Crippen molar-refractivity contribution in [2.75, 3.05) is 32.8 Å². The van der Waals surface area contributed by atoms with Crippen molar-refractivity contribution in [3.63, 3.8) is 0 Å². The zero-order valence-corrected chi connectivity index (χ0v) is 12.9. The number of piperazine rings is 1. The summed E-state index contributed by atoms with van der Waals surface area (Å²) in [6, 6.07) is 3.26. The lowest BCUT2D eigenvalue weighted by Gasteiger charge is -2.27. The molecule has 6 heteroatoms. The standard InChI is InChI=1S/C14H18Cl2N2O2/c1-2-7-20-13-11(15)8-10(9-12(13)16)14(19)18-5-3-17-4-6-18/h8-9,17H,2-7H2,1H3. The van der Waals surface area contributed by atoms with Crippen LogP contribution in [0.3, 0.4) is 0 Å². The number of rotatable bonds is 4. The molecule has 0 spiro atoms. The molecule has 1 aliphatic rings. The molecule has 1 aliphatic heterocycles. The average Bonchev–Trinajstić information content (AvgIpc) is 2.46. The largest absolute Gasteiger partial charge is 0.490 e. The molecule has 110 valence electrons. The Kier molecular flexibility index (Phi) is 5.52. The van der Waals surface area contributed by atoms with Crippen LogP contribution in [0.4, 0.5) is 0 Å². The molecular weight excluding hydrogens is 299 g/mol. The third kappa shape index (κ3) is 3.57. The number of benzene rings is 1. The molecule has 0 unspecified atom stereocenters. The molecule has 1 fully saturated rings. The Hall–Kier alpha value is -0.970. The van der Waals surface area contributed by atoms with E-state index in [1.54, 1.807) is 17.0 Å². The SMILES string of the molecule is CCCOc1c(Cl)cc(C(=O)N2CCNCC2)cc1Cl. The second kappa shape index (κ2) is 7.16. The van der Waals surface area contributed by atoms with Crippen LogP contribution in [0.15, 0.2) is 12.1 Å². The van der Waals surface area contributed by atoms with Gasteiger partial charge in [0.2, 0.25) is 0 Å². The molecule has 1 amide bonds. The van der Waals surface area contributed by atoms with Crippen molar-refractivity contribution in [2.45, 2.75) is 13.3 Å². The van der Waals surface area contributed by atoms with E-state index in [9.17, 15) is 4.79 Å². The Labute approximate surface area is 129 Å². The van der Waals surface area contributed by atoms with Crippen LogP contribution in [0, 0.1) is 0 Å². The number of carbonyl (C=O) groups excluding carboxylic acids is 1. The highest BCUT2D eigenvalue weighted by Crippen LogP contribution is 2.34. The minimum Gasteiger partial charge on any atom is -0.490 e. The molecule has 20 heavy (non-hydrogen) atoms. The number of hydrogen-bond donors (Lipinski definition) is 1. The smallest absolute Gasteiger partial charge is 0.254 e. The summed E-state index contributed by atoms with van der Waals surface area (Å²) in [4.78, 5) is 14.2. The Morgan fingerprint density at radius 1 is 1.30 bits per heavy atom. The van der Waals surface area contributed by atoms with Crippen LogP contribution >= 0.6 is 23.2 Å². The van der Waals surface area contributed by atoms with Crippen LogP contribution in [0.1, 0.15) is 23.7 Å². The summed E-state index contributed by atoms with van der Waals surface area (Å²) < 4.78 is 5.50. The Balaban J connectivity index is 2.18. The van der Waals surface area contributed by atoms with E-state index in [0.29, 0.717) is 41.1 Å². The van der Waals surface area contributed by atoms with Gasteiger partial charge in [0.1, 0.15) is 0 Å². The molecule has 1 N–H and O–H groups in total. The van der Waals surface area contributed by atoms with Gasteiger partial charge in [-0.2, -0.15) is 0 Å². The summed E-state index contributed by atoms with van der Waals surface area (Å²) in [6.45, 7) is 5.56. The fraction of sp³-hybridized carbons (Fsp3) is 0.500. The number of amides is 1. The van der Waals surface area contributed by atoms with Crippen molar-refractivity contribution < 1.29 is 9.53 Å². The zero-order valence-electron chi connectivity index (χ0n) is 11.4. The van der Waals surface area contributed by atoms with Gasteiger partial charge >= 0.3 is 0 Å². The van der Waals surface area contributed by atoms with Gasteiger partial charge in [-0.3, -0.25) is 4.79 Å². The van der Waals surface area contributed by atoms with Crippen LogP contribution in [0.5, 0.6) is 5.75 Å². The highest BCUT2D eigenvalue weighted by atomic mass is 35.5. The third-order valence-corrected chi connectivity index (χ3v) is 3.66. The zero-order chi connectivity index (χ0) is 14.5. The lowest BCUT2D eigenvalue weighted by atomic mass is 10.1. The van der Waals surface area contributed by atoms with Crippen LogP contribution in [-0.4, -0.2) is 43.6 Å². The maximum absolute atomic E-state index is 12.4. The van der Waals surface area contributed by atoms with Crippen LogP contribution in [-0.2, 0) is 0 Å². The summed E-state index contributed by atoms with van der Waals surface area (Å²) in [7, 11) is 0. The van der Waals surface area contributed by atoms with Crippen LogP contribution < -0.4 is 10.1 Å². The van der Waals surface area contributed by atoms with Gasteiger partial charge in [-0.25, -0.2) is 0 Å². The van der Waals surface area contributed by atoms with Crippen molar-refractivity contribution in [1.82, 2.24) is 10.2 Å². The molecule has 1 aromatic carbocycles. The average molecular weight is 317 g/mol. The lowest BCUT2D eigenvalue weighted by molar-refractivity contribution is 0.0736. The fourth-order valence-electron chi connectivity index (χ4n) is 2.08. The van der Waals surface area contributed by atoms with E-state index in [0.717, 1.165) is 19.5 Å². The van der Waals surface area contributed by atoms with Gasteiger partial charge in [0.15, 0.2) is 5.75 Å². The van der Waals surface area contributed by atoms with Crippen LogP contribution in [0.2, 0.25) is 10.0 Å². The first-order valence-corrected chi connectivity index (χ1v) is 7.51. The Morgan fingerprint density at radius 2 is 1.90 bits per heavy atom. The molecular formula is C14H18Cl2N2O2. The van der Waals surface area contributed by atoms with Gasteiger partial charge in [-0.15, -0.1) is 0 Å². The molecule has 0 atom stereocenters.